The molecule has 0 bridgehead atoms. The summed E-state index contributed by atoms with van der Waals surface area (Å²) in [6, 6.07) is 8.76. The lowest BCUT2D eigenvalue weighted by molar-refractivity contribution is 0.146. The minimum absolute atomic E-state index is 0.563. The van der Waals surface area contributed by atoms with Crippen LogP contribution in [-0.4, -0.2) is 26.4 Å². The predicted molar refractivity (Wildman–Crippen MR) is 70.4 cm³/mol. The van der Waals surface area contributed by atoms with Gasteiger partial charge in [-0.15, -0.1) is 0 Å². The van der Waals surface area contributed by atoms with Crippen molar-refractivity contribution in [2.45, 2.75) is 32.9 Å². The molecule has 0 aromatic heterocycles. The maximum absolute atomic E-state index is 5.50. The molecule has 0 saturated heterocycles. The van der Waals surface area contributed by atoms with Gasteiger partial charge in [0.15, 0.2) is 0 Å². The van der Waals surface area contributed by atoms with Crippen LogP contribution in [0.2, 0.25) is 0 Å². The standard InChI is InChI=1S/C14H23NO2/c1-4-12(2)15-11-13-5-7-14(8-6-13)17-10-9-16-3/h5-8,12,15H,4,9-11H2,1-3H3. The normalized spacial score (nSPS) is 12.4. The molecule has 0 aliphatic carbocycles. The van der Waals surface area contributed by atoms with E-state index in [-0.39, 0.29) is 0 Å². The Bertz CT molecular complexity index is 298. The molecule has 17 heavy (non-hydrogen) atoms. The van der Waals surface area contributed by atoms with Gasteiger partial charge in [0.2, 0.25) is 0 Å². The van der Waals surface area contributed by atoms with Crippen molar-refractivity contribution in [2.75, 3.05) is 20.3 Å². The summed E-state index contributed by atoms with van der Waals surface area (Å²) in [6.45, 7) is 6.51. The van der Waals surface area contributed by atoms with E-state index in [4.69, 9.17) is 9.47 Å². The van der Waals surface area contributed by atoms with Crippen molar-refractivity contribution in [1.29, 1.82) is 0 Å². The van der Waals surface area contributed by atoms with Gasteiger partial charge in [-0.2, -0.15) is 0 Å². The zero-order chi connectivity index (χ0) is 12.5. The van der Waals surface area contributed by atoms with E-state index in [2.05, 4.69) is 31.3 Å². The van der Waals surface area contributed by atoms with Crippen LogP contribution in [-0.2, 0) is 11.3 Å². The monoisotopic (exact) mass is 237 g/mol. The van der Waals surface area contributed by atoms with E-state index in [1.807, 2.05) is 12.1 Å². The number of rotatable bonds is 8. The molecule has 0 fully saturated rings. The third kappa shape index (κ3) is 5.71. The number of hydrogen-bond acceptors (Lipinski definition) is 3. The summed E-state index contributed by atoms with van der Waals surface area (Å²) in [7, 11) is 1.67. The van der Waals surface area contributed by atoms with Gasteiger partial charge in [0, 0.05) is 19.7 Å². The van der Waals surface area contributed by atoms with Gasteiger partial charge in [-0.3, -0.25) is 0 Å². The zero-order valence-electron chi connectivity index (χ0n) is 11.0. The third-order valence-corrected chi connectivity index (χ3v) is 2.75. The Kier molecular flexibility index (Phi) is 6.67. The first kappa shape index (κ1) is 14.0. The minimum Gasteiger partial charge on any atom is -0.491 e. The van der Waals surface area contributed by atoms with Crippen LogP contribution >= 0.6 is 0 Å². The highest BCUT2D eigenvalue weighted by atomic mass is 16.5. The average Bonchev–Trinajstić information content (AvgIpc) is 2.37. The van der Waals surface area contributed by atoms with E-state index in [1.54, 1.807) is 7.11 Å². The maximum Gasteiger partial charge on any atom is 0.119 e. The second-order valence-corrected chi connectivity index (χ2v) is 4.18. The van der Waals surface area contributed by atoms with Crippen LogP contribution in [0.5, 0.6) is 5.75 Å². The molecule has 1 unspecified atom stereocenters. The number of benzene rings is 1. The van der Waals surface area contributed by atoms with E-state index in [0.717, 1.165) is 18.7 Å². The van der Waals surface area contributed by atoms with Gasteiger partial charge in [-0.25, -0.2) is 0 Å². The van der Waals surface area contributed by atoms with Gasteiger partial charge >= 0.3 is 0 Å². The number of nitrogens with one attached hydrogen (secondary N) is 1. The molecule has 0 spiro atoms. The molecule has 96 valence electrons. The van der Waals surface area contributed by atoms with Crippen LogP contribution in [0.1, 0.15) is 25.8 Å². The summed E-state index contributed by atoms with van der Waals surface area (Å²) in [5, 5.41) is 3.46. The smallest absolute Gasteiger partial charge is 0.119 e. The van der Waals surface area contributed by atoms with E-state index in [1.165, 1.54) is 5.56 Å². The molecule has 3 heteroatoms. The van der Waals surface area contributed by atoms with Crippen molar-refractivity contribution in [3.8, 4) is 5.75 Å². The second kappa shape index (κ2) is 8.09. The Labute approximate surface area is 104 Å². The highest BCUT2D eigenvalue weighted by Crippen LogP contribution is 2.12. The summed E-state index contributed by atoms with van der Waals surface area (Å²) in [6.07, 6.45) is 1.15. The van der Waals surface area contributed by atoms with Gasteiger partial charge in [0.1, 0.15) is 12.4 Å². The summed E-state index contributed by atoms with van der Waals surface area (Å²) < 4.78 is 10.4. The van der Waals surface area contributed by atoms with Crippen LogP contribution in [0.4, 0.5) is 0 Å². The van der Waals surface area contributed by atoms with Gasteiger partial charge in [-0.05, 0) is 31.0 Å². The molecule has 0 amide bonds. The maximum atomic E-state index is 5.50. The molecule has 0 saturated carbocycles. The van der Waals surface area contributed by atoms with Crippen LogP contribution in [0.3, 0.4) is 0 Å². The molecule has 0 radical (unpaired) electrons. The molecule has 1 aromatic carbocycles. The average molecular weight is 237 g/mol. The van der Waals surface area contributed by atoms with Crippen LogP contribution < -0.4 is 10.1 Å². The fraction of sp³-hybridized carbons (Fsp3) is 0.571. The van der Waals surface area contributed by atoms with Crippen molar-refractivity contribution in [1.82, 2.24) is 5.32 Å². The van der Waals surface area contributed by atoms with Gasteiger partial charge in [0.25, 0.3) is 0 Å². The highest BCUT2D eigenvalue weighted by molar-refractivity contribution is 5.27. The Hall–Kier alpha value is -1.06. The zero-order valence-corrected chi connectivity index (χ0v) is 11.0. The molecule has 1 aromatic rings. The first-order valence-electron chi connectivity index (χ1n) is 6.20. The molecule has 0 aliphatic heterocycles. The van der Waals surface area contributed by atoms with E-state index in [9.17, 15) is 0 Å². The molecule has 0 aliphatic rings. The number of methoxy groups -OCH3 is 1. The molecule has 0 heterocycles. The molecular formula is C14H23NO2. The van der Waals surface area contributed by atoms with Crippen molar-refractivity contribution in [3.63, 3.8) is 0 Å². The van der Waals surface area contributed by atoms with Crippen LogP contribution in [0.15, 0.2) is 24.3 Å². The molecule has 1 atom stereocenters. The van der Waals surface area contributed by atoms with Gasteiger partial charge in [-0.1, -0.05) is 19.1 Å². The van der Waals surface area contributed by atoms with Crippen LogP contribution in [0.25, 0.3) is 0 Å². The lowest BCUT2D eigenvalue weighted by atomic mass is 10.2. The van der Waals surface area contributed by atoms with Crippen LogP contribution in [0, 0.1) is 0 Å². The summed E-state index contributed by atoms with van der Waals surface area (Å²) in [5.41, 5.74) is 1.28. The summed E-state index contributed by atoms with van der Waals surface area (Å²) in [5.74, 6) is 0.898. The summed E-state index contributed by atoms with van der Waals surface area (Å²) >= 11 is 0. The van der Waals surface area contributed by atoms with Gasteiger partial charge in [0.05, 0.1) is 6.61 Å². The fourth-order valence-corrected chi connectivity index (χ4v) is 1.38. The SMILES string of the molecule is CCC(C)NCc1ccc(OCCOC)cc1. The topological polar surface area (TPSA) is 30.5 Å². The Balaban J connectivity index is 2.34. The Morgan fingerprint density at radius 1 is 1.18 bits per heavy atom. The number of hydrogen-bond donors (Lipinski definition) is 1. The van der Waals surface area contributed by atoms with Crippen molar-refractivity contribution in [3.05, 3.63) is 29.8 Å². The molecule has 1 rings (SSSR count). The van der Waals surface area contributed by atoms with Crippen molar-refractivity contribution < 1.29 is 9.47 Å². The Morgan fingerprint density at radius 3 is 2.47 bits per heavy atom. The quantitative estimate of drug-likeness (QED) is 0.705. The first-order chi connectivity index (χ1) is 8.26. The lowest BCUT2D eigenvalue weighted by Crippen LogP contribution is -2.24. The van der Waals surface area contributed by atoms with E-state index < -0.39 is 0 Å². The number of ether oxygens (including phenoxy) is 2. The van der Waals surface area contributed by atoms with Gasteiger partial charge < -0.3 is 14.8 Å². The second-order valence-electron chi connectivity index (χ2n) is 4.18. The lowest BCUT2D eigenvalue weighted by Gasteiger charge is -2.11. The fourth-order valence-electron chi connectivity index (χ4n) is 1.38. The van der Waals surface area contributed by atoms with Crippen molar-refractivity contribution >= 4 is 0 Å². The molecule has 3 nitrogen and oxygen atoms in total. The largest absolute Gasteiger partial charge is 0.491 e. The minimum atomic E-state index is 0.563. The van der Waals surface area contributed by atoms with E-state index >= 15 is 0 Å². The predicted octanol–water partition coefficient (Wildman–Crippen LogP) is 2.60. The third-order valence-electron chi connectivity index (χ3n) is 2.75. The Morgan fingerprint density at radius 2 is 1.88 bits per heavy atom. The molecular weight excluding hydrogens is 214 g/mol. The van der Waals surface area contributed by atoms with E-state index in [0.29, 0.717) is 19.3 Å². The first-order valence-corrected chi connectivity index (χ1v) is 6.20. The van der Waals surface area contributed by atoms with Crippen molar-refractivity contribution in [2.24, 2.45) is 0 Å². The summed E-state index contributed by atoms with van der Waals surface area (Å²) in [4.78, 5) is 0. The molecule has 1 N–H and O–H groups in total. The highest BCUT2D eigenvalue weighted by Gasteiger charge is 1.99.